The van der Waals surface area contributed by atoms with E-state index in [0.717, 1.165) is 0 Å². The number of hydrogen-bond donors (Lipinski definition) is 2. The van der Waals surface area contributed by atoms with Gasteiger partial charge in [0.05, 0.1) is 0 Å². The van der Waals surface area contributed by atoms with Crippen molar-refractivity contribution in [2.75, 3.05) is 0 Å². The zero-order valence-electron chi connectivity index (χ0n) is 11.6. The number of aliphatic carboxylic acids is 2. The molecule has 0 saturated carbocycles. The van der Waals surface area contributed by atoms with Crippen LogP contribution in [0.2, 0.25) is 0 Å². The summed E-state index contributed by atoms with van der Waals surface area (Å²) in [4.78, 5) is 41.2. The van der Waals surface area contributed by atoms with Crippen LogP contribution in [-0.4, -0.2) is 33.7 Å². The molecule has 0 aromatic heterocycles. The van der Waals surface area contributed by atoms with Crippen LogP contribution in [-0.2, 0) is 40.9 Å². The maximum Gasteiger partial charge on any atom is 0.314 e. The van der Waals surface area contributed by atoms with Crippen molar-refractivity contribution in [3.05, 3.63) is 0 Å². The summed E-state index contributed by atoms with van der Waals surface area (Å²) < 4.78 is 0. The maximum atomic E-state index is 10.4. The molecule has 0 spiro atoms. The smallest absolute Gasteiger partial charge is 0.314 e. The normalized spacial score (nSPS) is 12.0. The van der Waals surface area contributed by atoms with Gasteiger partial charge in [-0.3, -0.25) is 19.2 Å². The Balaban J connectivity index is -0.000000256. The molecule has 0 saturated heterocycles. The molecule has 0 fully saturated rings. The first-order valence-corrected chi connectivity index (χ1v) is 5.65. The van der Waals surface area contributed by atoms with Crippen LogP contribution < -0.4 is 0 Å². The summed E-state index contributed by atoms with van der Waals surface area (Å²) in [5.74, 6) is -4.19. The zero-order valence-corrected chi connectivity index (χ0v) is 13.2. The first kappa shape index (κ1) is 23.1. The predicted molar refractivity (Wildman–Crippen MR) is 64.2 cm³/mol. The van der Waals surface area contributed by atoms with E-state index in [-0.39, 0.29) is 33.3 Å². The van der Waals surface area contributed by atoms with Crippen molar-refractivity contribution < 1.29 is 51.1 Å². The Kier molecular flexibility index (Phi) is 14.7. The topological polar surface area (TPSA) is 109 Å². The quantitative estimate of drug-likeness (QED) is 0.566. The number of carboxylic acid groups (broad SMARTS) is 2. The van der Waals surface area contributed by atoms with Crippen LogP contribution in [0.5, 0.6) is 0 Å². The molecule has 108 valence electrons. The molecule has 7 heteroatoms. The van der Waals surface area contributed by atoms with E-state index in [2.05, 4.69) is 0 Å². The minimum absolute atomic E-state index is 0. The maximum absolute atomic E-state index is 10.4. The molecule has 2 N–H and O–H groups in total. The van der Waals surface area contributed by atoms with Crippen molar-refractivity contribution in [3.63, 3.8) is 0 Å². The minimum atomic E-state index is -1.02. The van der Waals surface area contributed by atoms with Gasteiger partial charge in [-0.2, -0.15) is 0 Å². The summed E-state index contributed by atoms with van der Waals surface area (Å²) >= 11 is 0. The SMILES string of the molecule is CCC(C(C)=O)C(=O)O.CCC(C(C)=O)C(=O)O.[Ti]. The summed E-state index contributed by atoms with van der Waals surface area (Å²) in [6.45, 7) is 5.95. The summed E-state index contributed by atoms with van der Waals surface area (Å²) in [6, 6.07) is 0. The largest absolute Gasteiger partial charge is 0.481 e. The Labute approximate surface area is 127 Å². The molecule has 0 bridgehead atoms. The fraction of sp³-hybridized carbons (Fsp3) is 0.667. The van der Waals surface area contributed by atoms with E-state index in [1.807, 2.05) is 0 Å². The van der Waals surface area contributed by atoms with Crippen LogP contribution in [0, 0.1) is 11.8 Å². The number of carboxylic acids is 2. The van der Waals surface area contributed by atoms with Gasteiger partial charge in [0.25, 0.3) is 0 Å². The Morgan fingerprint density at radius 3 is 1.00 bits per heavy atom. The first-order valence-electron chi connectivity index (χ1n) is 5.65. The molecule has 0 aliphatic heterocycles. The van der Waals surface area contributed by atoms with Crippen molar-refractivity contribution in [1.29, 1.82) is 0 Å². The second-order valence-electron chi connectivity index (χ2n) is 3.82. The Morgan fingerprint density at radius 1 is 0.789 bits per heavy atom. The van der Waals surface area contributed by atoms with Gasteiger partial charge in [0, 0.05) is 21.7 Å². The van der Waals surface area contributed by atoms with Gasteiger partial charge in [-0.25, -0.2) is 0 Å². The van der Waals surface area contributed by atoms with Crippen LogP contribution in [0.3, 0.4) is 0 Å². The van der Waals surface area contributed by atoms with Crippen molar-refractivity contribution in [2.24, 2.45) is 11.8 Å². The van der Waals surface area contributed by atoms with Gasteiger partial charge in [0.2, 0.25) is 0 Å². The van der Waals surface area contributed by atoms with Gasteiger partial charge >= 0.3 is 11.9 Å². The van der Waals surface area contributed by atoms with Crippen molar-refractivity contribution in [1.82, 2.24) is 0 Å². The average molecular weight is 308 g/mol. The molecule has 0 aromatic rings. The van der Waals surface area contributed by atoms with Gasteiger partial charge < -0.3 is 10.2 Å². The molecule has 0 amide bonds. The molecule has 0 radical (unpaired) electrons. The molecule has 2 atom stereocenters. The van der Waals surface area contributed by atoms with E-state index in [0.29, 0.717) is 12.8 Å². The third-order valence-electron chi connectivity index (χ3n) is 2.39. The van der Waals surface area contributed by atoms with Crippen LogP contribution in [0.4, 0.5) is 0 Å². The van der Waals surface area contributed by atoms with E-state index >= 15 is 0 Å². The summed E-state index contributed by atoms with van der Waals surface area (Å²) in [5, 5.41) is 16.6. The van der Waals surface area contributed by atoms with Crippen LogP contribution >= 0.6 is 0 Å². The molecule has 0 rings (SSSR count). The van der Waals surface area contributed by atoms with Crippen LogP contribution in [0.25, 0.3) is 0 Å². The van der Waals surface area contributed by atoms with Gasteiger partial charge in [0.15, 0.2) is 0 Å². The number of ketones is 2. The van der Waals surface area contributed by atoms with E-state index in [1.165, 1.54) is 13.8 Å². The number of Topliss-reactive ketones (excluding diaryl/α,β-unsaturated/α-hetero) is 2. The number of hydrogen-bond acceptors (Lipinski definition) is 4. The minimum Gasteiger partial charge on any atom is -0.481 e. The van der Waals surface area contributed by atoms with Crippen molar-refractivity contribution in [3.8, 4) is 0 Å². The van der Waals surface area contributed by atoms with Crippen molar-refractivity contribution >= 4 is 23.5 Å². The van der Waals surface area contributed by atoms with Gasteiger partial charge in [-0.05, 0) is 26.7 Å². The molecule has 0 aliphatic carbocycles. The molecular weight excluding hydrogens is 288 g/mol. The molecule has 0 aliphatic rings. The number of carbonyl (C=O) groups is 4. The zero-order chi connectivity index (χ0) is 14.9. The molecular formula is C12H20O6Ti. The Hall–Kier alpha value is -1.01. The first-order chi connectivity index (χ1) is 8.18. The van der Waals surface area contributed by atoms with E-state index in [1.54, 1.807) is 13.8 Å². The summed E-state index contributed by atoms with van der Waals surface area (Å²) in [5.41, 5.74) is 0. The van der Waals surface area contributed by atoms with E-state index in [9.17, 15) is 19.2 Å². The molecule has 19 heavy (non-hydrogen) atoms. The van der Waals surface area contributed by atoms with Crippen LogP contribution in [0.15, 0.2) is 0 Å². The van der Waals surface area contributed by atoms with Crippen molar-refractivity contribution in [2.45, 2.75) is 40.5 Å². The number of rotatable bonds is 6. The Bertz CT molecular complexity index is 266. The molecule has 6 nitrogen and oxygen atoms in total. The summed E-state index contributed by atoms with van der Waals surface area (Å²) in [7, 11) is 0. The monoisotopic (exact) mass is 308 g/mol. The second kappa shape index (κ2) is 12.0. The molecule has 0 heterocycles. The fourth-order valence-corrected chi connectivity index (χ4v) is 1.27. The van der Waals surface area contributed by atoms with Gasteiger partial charge in [-0.15, -0.1) is 0 Å². The standard InChI is InChI=1S/2C6H10O3.Ti/c2*1-3-5(4(2)7)6(8)9;/h2*5H,3H2,1-2H3,(H,8,9);. The predicted octanol–water partition coefficient (Wildman–Crippen LogP) is 1.37. The fourth-order valence-electron chi connectivity index (χ4n) is 1.27. The van der Waals surface area contributed by atoms with E-state index < -0.39 is 23.8 Å². The van der Waals surface area contributed by atoms with Crippen LogP contribution in [0.1, 0.15) is 40.5 Å². The second-order valence-corrected chi connectivity index (χ2v) is 3.82. The van der Waals surface area contributed by atoms with Gasteiger partial charge in [0.1, 0.15) is 23.4 Å². The Morgan fingerprint density at radius 2 is 1.00 bits per heavy atom. The third kappa shape index (κ3) is 10.6. The average Bonchev–Trinajstić information content (AvgIpc) is 2.17. The summed E-state index contributed by atoms with van der Waals surface area (Å²) in [6.07, 6.45) is 0.759. The molecule has 0 aromatic carbocycles. The number of carbonyl (C=O) groups excluding carboxylic acids is 2. The van der Waals surface area contributed by atoms with E-state index in [4.69, 9.17) is 10.2 Å². The molecule has 2 unspecified atom stereocenters. The van der Waals surface area contributed by atoms with Gasteiger partial charge in [-0.1, -0.05) is 13.8 Å². The third-order valence-corrected chi connectivity index (χ3v) is 2.39.